The number of hydrogen-bond donors (Lipinski definition) is 1. The molecular weight excluding hydrogens is 366 g/mol. The van der Waals surface area contributed by atoms with Gasteiger partial charge in [0.1, 0.15) is 5.75 Å². The van der Waals surface area contributed by atoms with E-state index in [4.69, 9.17) is 4.74 Å². The van der Waals surface area contributed by atoms with E-state index in [0.29, 0.717) is 12.4 Å². The lowest BCUT2D eigenvalue weighted by Gasteiger charge is -2.07. The summed E-state index contributed by atoms with van der Waals surface area (Å²) in [5, 5.41) is 7.27. The molecule has 2 aromatic heterocycles. The maximum absolute atomic E-state index is 12.6. The topological polar surface area (TPSA) is 81.9 Å². The Balaban J connectivity index is 1.66. The summed E-state index contributed by atoms with van der Waals surface area (Å²) >= 11 is 0. The van der Waals surface area contributed by atoms with Crippen LogP contribution in [-0.2, 0) is 6.54 Å². The van der Waals surface area contributed by atoms with Gasteiger partial charge in [0.2, 0.25) is 5.82 Å². The van der Waals surface area contributed by atoms with Crippen molar-refractivity contribution in [1.82, 2.24) is 25.1 Å². The Bertz CT molecular complexity index is 1090. The van der Waals surface area contributed by atoms with Crippen LogP contribution in [0.5, 0.6) is 5.75 Å². The average Bonchev–Trinajstić information content (AvgIpc) is 3.24. The summed E-state index contributed by atoms with van der Waals surface area (Å²) in [5.74, 6) is 1.05. The molecule has 7 heteroatoms. The standard InChI is InChI=1S/C22H19N5O2/c1-29-19-12-10-18(11-13-19)27-21(16-7-3-2-4-8-16)25-20(26-27)22(28)24-15-17-9-5-6-14-23-17/h2-14H,15H2,1H3,(H,24,28). The van der Waals surface area contributed by atoms with E-state index in [-0.39, 0.29) is 11.7 Å². The molecule has 0 aliphatic heterocycles. The molecule has 0 bridgehead atoms. The molecule has 144 valence electrons. The van der Waals surface area contributed by atoms with Gasteiger partial charge in [-0.2, -0.15) is 0 Å². The number of benzene rings is 2. The van der Waals surface area contributed by atoms with Crippen LogP contribution in [0.15, 0.2) is 79.0 Å². The third kappa shape index (κ3) is 4.14. The second-order valence-electron chi connectivity index (χ2n) is 6.24. The summed E-state index contributed by atoms with van der Waals surface area (Å²) in [6.45, 7) is 0.303. The van der Waals surface area contributed by atoms with Crippen molar-refractivity contribution in [2.75, 3.05) is 7.11 Å². The van der Waals surface area contributed by atoms with Crippen molar-refractivity contribution in [2.24, 2.45) is 0 Å². The monoisotopic (exact) mass is 385 g/mol. The Morgan fingerprint density at radius 3 is 2.45 bits per heavy atom. The van der Waals surface area contributed by atoms with E-state index >= 15 is 0 Å². The lowest BCUT2D eigenvalue weighted by atomic mass is 10.2. The highest BCUT2D eigenvalue weighted by atomic mass is 16.5. The highest BCUT2D eigenvalue weighted by molar-refractivity contribution is 5.91. The van der Waals surface area contributed by atoms with Crippen molar-refractivity contribution in [1.29, 1.82) is 0 Å². The lowest BCUT2D eigenvalue weighted by molar-refractivity contribution is 0.0940. The van der Waals surface area contributed by atoms with Crippen LogP contribution >= 0.6 is 0 Å². The maximum Gasteiger partial charge on any atom is 0.291 e. The Labute approximate surface area is 168 Å². The van der Waals surface area contributed by atoms with Crippen LogP contribution in [0, 0.1) is 0 Å². The van der Waals surface area contributed by atoms with Gasteiger partial charge in [-0.1, -0.05) is 36.4 Å². The molecule has 29 heavy (non-hydrogen) atoms. The molecule has 0 unspecified atom stereocenters. The SMILES string of the molecule is COc1ccc(-n2nc(C(=O)NCc3ccccn3)nc2-c2ccccc2)cc1. The van der Waals surface area contributed by atoms with E-state index in [9.17, 15) is 4.79 Å². The van der Waals surface area contributed by atoms with Gasteiger partial charge in [0, 0.05) is 11.8 Å². The van der Waals surface area contributed by atoms with Crippen molar-refractivity contribution in [2.45, 2.75) is 6.54 Å². The van der Waals surface area contributed by atoms with Crippen LogP contribution in [-0.4, -0.2) is 32.8 Å². The number of rotatable bonds is 6. The third-order valence-corrected chi connectivity index (χ3v) is 4.32. The first-order chi connectivity index (χ1) is 14.2. The number of ether oxygens (including phenoxy) is 1. The van der Waals surface area contributed by atoms with Crippen molar-refractivity contribution in [3.05, 3.63) is 90.5 Å². The molecule has 1 amide bonds. The van der Waals surface area contributed by atoms with Crippen LogP contribution in [0.4, 0.5) is 0 Å². The van der Waals surface area contributed by atoms with Gasteiger partial charge in [0.25, 0.3) is 5.91 Å². The number of carbonyl (C=O) groups is 1. The zero-order valence-corrected chi connectivity index (χ0v) is 15.8. The van der Waals surface area contributed by atoms with Gasteiger partial charge in [0.05, 0.1) is 25.0 Å². The molecule has 2 aromatic carbocycles. The van der Waals surface area contributed by atoms with Gasteiger partial charge in [-0.3, -0.25) is 9.78 Å². The highest BCUT2D eigenvalue weighted by Gasteiger charge is 2.18. The Morgan fingerprint density at radius 1 is 1.00 bits per heavy atom. The number of methoxy groups -OCH3 is 1. The Hall–Kier alpha value is -4.00. The van der Waals surface area contributed by atoms with Gasteiger partial charge in [-0.05, 0) is 36.4 Å². The van der Waals surface area contributed by atoms with E-state index in [1.165, 1.54) is 0 Å². The van der Waals surface area contributed by atoms with Gasteiger partial charge in [-0.25, -0.2) is 9.67 Å². The van der Waals surface area contributed by atoms with Gasteiger partial charge in [0.15, 0.2) is 5.82 Å². The molecule has 2 heterocycles. The van der Waals surface area contributed by atoms with Crippen molar-refractivity contribution < 1.29 is 9.53 Å². The number of aromatic nitrogens is 4. The summed E-state index contributed by atoms with van der Waals surface area (Å²) in [5.41, 5.74) is 2.40. The van der Waals surface area contributed by atoms with Crippen LogP contribution < -0.4 is 10.1 Å². The minimum Gasteiger partial charge on any atom is -0.497 e. The normalized spacial score (nSPS) is 10.5. The molecule has 0 spiro atoms. The number of carbonyl (C=O) groups excluding carboxylic acids is 1. The van der Waals surface area contributed by atoms with E-state index in [0.717, 1.165) is 22.7 Å². The average molecular weight is 385 g/mol. The van der Waals surface area contributed by atoms with Gasteiger partial charge in [-0.15, -0.1) is 5.10 Å². The fourth-order valence-electron chi connectivity index (χ4n) is 2.84. The predicted molar refractivity (Wildman–Crippen MR) is 109 cm³/mol. The van der Waals surface area contributed by atoms with E-state index in [2.05, 4.69) is 20.4 Å². The first-order valence-corrected chi connectivity index (χ1v) is 9.09. The molecule has 0 saturated heterocycles. The minimum absolute atomic E-state index is 0.0932. The number of nitrogens with one attached hydrogen (secondary N) is 1. The molecule has 0 radical (unpaired) electrons. The predicted octanol–water partition coefficient (Wildman–Crippen LogP) is 3.27. The summed E-state index contributed by atoms with van der Waals surface area (Å²) in [7, 11) is 1.61. The third-order valence-electron chi connectivity index (χ3n) is 4.32. The Morgan fingerprint density at radius 2 is 1.76 bits per heavy atom. The minimum atomic E-state index is -0.361. The molecular formula is C22H19N5O2. The van der Waals surface area contributed by atoms with Crippen molar-refractivity contribution in [3.8, 4) is 22.8 Å². The van der Waals surface area contributed by atoms with Gasteiger partial charge < -0.3 is 10.1 Å². The largest absolute Gasteiger partial charge is 0.497 e. The quantitative estimate of drug-likeness (QED) is 0.551. The molecule has 4 aromatic rings. The van der Waals surface area contributed by atoms with E-state index in [1.54, 1.807) is 18.0 Å². The Kier molecular flexibility index (Phi) is 5.29. The molecule has 4 rings (SSSR count). The molecule has 0 saturated carbocycles. The molecule has 7 nitrogen and oxygen atoms in total. The van der Waals surface area contributed by atoms with Crippen LogP contribution in [0.25, 0.3) is 17.1 Å². The zero-order valence-electron chi connectivity index (χ0n) is 15.8. The first kappa shape index (κ1) is 18.4. The molecule has 0 atom stereocenters. The summed E-state index contributed by atoms with van der Waals surface area (Å²) in [6, 6.07) is 22.6. The highest BCUT2D eigenvalue weighted by Crippen LogP contribution is 2.22. The smallest absolute Gasteiger partial charge is 0.291 e. The summed E-state index contributed by atoms with van der Waals surface area (Å²) < 4.78 is 6.88. The zero-order chi connectivity index (χ0) is 20.1. The summed E-state index contributed by atoms with van der Waals surface area (Å²) in [4.78, 5) is 21.4. The number of amides is 1. The van der Waals surface area contributed by atoms with Gasteiger partial charge >= 0.3 is 0 Å². The molecule has 0 aliphatic rings. The first-order valence-electron chi connectivity index (χ1n) is 9.09. The van der Waals surface area contributed by atoms with Crippen molar-refractivity contribution in [3.63, 3.8) is 0 Å². The number of hydrogen-bond acceptors (Lipinski definition) is 5. The van der Waals surface area contributed by atoms with E-state index < -0.39 is 0 Å². The second kappa shape index (κ2) is 8.35. The summed E-state index contributed by atoms with van der Waals surface area (Å²) in [6.07, 6.45) is 1.69. The lowest BCUT2D eigenvalue weighted by Crippen LogP contribution is -2.24. The van der Waals surface area contributed by atoms with Crippen LogP contribution in [0.1, 0.15) is 16.3 Å². The molecule has 0 fully saturated rings. The fraction of sp³-hybridized carbons (Fsp3) is 0.0909. The molecule has 1 N–H and O–H groups in total. The number of pyridine rings is 1. The van der Waals surface area contributed by atoms with Crippen LogP contribution in [0.3, 0.4) is 0 Å². The molecule has 0 aliphatic carbocycles. The van der Waals surface area contributed by atoms with E-state index in [1.807, 2.05) is 72.8 Å². The number of nitrogens with zero attached hydrogens (tertiary/aromatic N) is 4. The van der Waals surface area contributed by atoms with Crippen molar-refractivity contribution >= 4 is 5.91 Å². The van der Waals surface area contributed by atoms with Crippen LogP contribution in [0.2, 0.25) is 0 Å². The maximum atomic E-state index is 12.6. The second-order valence-corrected chi connectivity index (χ2v) is 6.24. The fourth-order valence-corrected chi connectivity index (χ4v) is 2.84.